The molecule has 0 bridgehead atoms. The fourth-order valence-electron chi connectivity index (χ4n) is 3.60. The summed E-state index contributed by atoms with van der Waals surface area (Å²) in [5.41, 5.74) is 3.08. The highest BCUT2D eigenvalue weighted by molar-refractivity contribution is 5.32. The number of benzene rings is 1. The summed E-state index contributed by atoms with van der Waals surface area (Å²) < 4.78 is 0. The third-order valence-corrected chi connectivity index (χ3v) is 4.82. The first-order valence-corrected chi connectivity index (χ1v) is 7.90. The van der Waals surface area contributed by atoms with Crippen molar-refractivity contribution >= 4 is 0 Å². The average molecular weight is 258 g/mol. The van der Waals surface area contributed by atoms with Crippen molar-refractivity contribution in [1.82, 2.24) is 10.2 Å². The highest BCUT2D eigenvalue weighted by Crippen LogP contribution is 2.25. The fraction of sp³-hybridized carbons (Fsp3) is 0.647. The predicted molar refractivity (Wildman–Crippen MR) is 80.4 cm³/mol. The Kier molecular flexibility index (Phi) is 4.19. The summed E-state index contributed by atoms with van der Waals surface area (Å²) in [5.74, 6) is 0. The molecule has 0 amide bonds. The Morgan fingerprint density at radius 3 is 3.05 bits per heavy atom. The SMILES string of the molecule is CC1CCCCCN1CC1NCCc2ccccc21. The summed E-state index contributed by atoms with van der Waals surface area (Å²) in [7, 11) is 0. The summed E-state index contributed by atoms with van der Waals surface area (Å²) >= 11 is 0. The second kappa shape index (κ2) is 6.06. The minimum absolute atomic E-state index is 0.533. The number of likely N-dealkylation sites (tertiary alicyclic amines) is 1. The van der Waals surface area contributed by atoms with E-state index in [4.69, 9.17) is 0 Å². The molecule has 1 saturated heterocycles. The average Bonchev–Trinajstić information content (AvgIpc) is 2.65. The molecule has 3 rings (SSSR count). The first-order chi connectivity index (χ1) is 9.34. The largest absolute Gasteiger partial charge is 0.309 e. The molecule has 2 aliphatic rings. The van der Waals surface area contributed by atoms with E-state index in [9.17, 15) is 0 Å². The van der Waals surface area contributed by atoms with Gasteiger partial charge in [0.2, 0.25) is 0 Å². The highest BCUT2D eigenvalue weighted by atomic mass is 15.2. The molecule has 0 saturated carbocycles. The third kappa shape index (κ3) is 3.01. The molecular weight excluding hydrogens is 232 g/mol. The normalized spacial score (nSPS) is 28.7. The van der Waals surface area contributed by atoms with E-state index in [0.29, 0.717) is 6.04 Å². The van der Waals surface area contributed by atoms with E-state index in [1.165, 1.54) is 50.8 Å². The molecule has 2 atom stereocenters. The van der Waals surface area contributed by atoms with Crippen LogP contribution in [0, 0.1) is 0 Å². The van der Waals surface area contributed by atoms with E-state index in [0.717, 1.165) is 12.6 Å². The van der Waals surface area contributed by atoms with Crippen LogP contribution in [0.25, 0.3) is 0 Å². The Labute approximate surface area is 117 Å². The maximum Gasteiger partial charge on any atom is 0.0452 e. The molecule has 1 aromatic rings. The second-order valence-electron chi connectivity index (χ2n) is 6.15. The van der Waals surface area contributed by atoms with Gasteiger partial charge in [0.25, 0.3) is 0 Å². The molecule has 0 aliphatic carbocycles. The van der Waals surface area contributed by atoms with Crippen molar-refractivity contribution in [2.24, 2.45) is 0 Å². The van der Waals surface area contributed by atoms with Crippen molar-refractivity contribution in [2.45, 2.75) is 51.1 Å². The van der Waals surface area contributed by atoms with Crippen molar-refractivity contribution in [1.29, 1.82) is 0 Å². The van der Waals surface area contributed by atoms with Crippen molar-refractivity contribution < 1.29 is 0 Å². The van der Waals surface area contributed by atoms with Gasteiger partial charge in [-0.2, -0.15) is 0 Å². The van der Waals surface area contributed by atoms with E-state index in [1.54, 1.807) is 5.56 Å². The Hall–Kier alpha value is -0.860. The molecule has 2 heteroatoms. The van der Waals surface area contributed by atoms with Crippen LogP contribution >= 0.6 is 0 Å². The number of hydrogen-bond donors (Lipinski definition) is 1. The van der Waals surface area contributed by atoms with E-state index >= 15 is 0 Å². The first kappa shape index (κ1) is 13.1. The summed E-state index contributed by atoms with van der Waals surface area (Å²) in [5, 5.41) is 3.72. The summed E-state index contributed by atoms with van der Waals surface area (Å²) in [6.45, 7) is 5.99. The number of fused-ring (bicyclic) bond motifs is 1. The number of nitrogens with one attached hydrogen (secondary N) is 1. The lowest BCUT2D eigenvalue weighted by Crippen LogP contribution is -2.42. The molecule has 2 heterocycles. The van der Waals surface area contributed by atoms with Crippen LogP contribution in [0.2, 0.25) is 0 Å². The van der Waals surface area contributed by atoms with Gasteiger partial charge in [0.1, 0.15) is 0 Å². The van der Waals surface area contributed by atoms with Crippen LogP contribution in [-0.2, 0) is 6.42 Å². The topological polar surface area (TPSA) is 15.3 Å². The van der Waals surface area contributed by atoms with Crippen molar-refractivity contribution in [3.05, 3.63) is 35.4 Å². The van der Waals surface area contributed by atoms with Crippen molar-refractivity contribution in [3.63, 3.8) is 0 Å². The van der Waals surface area contributed by atoms with E-state index in [-0.39, 0.29) is 0 Å². The molecule has 1 N–H and O–H groups in total. The zero-order valence-corrected chi connectivity index (χ0v) is 12.1. The van der Waals surface area contributed by atoms with Gasteiger partial charge in [0.15, 0.2) is 0 Å². The van der Waals surface area contributed by atoms with Gasteiger partial charge >= 0.3 is 0 Å². The molecule has 0 aromatic heterocycles. The fourth-order valence-corrected chi connectivity index (χ4v) is 3.60. The lowest BCUT2D eigenvalue weighted by Gasteiger charge is -2.34. The molecule has 2 aliphatic heterocycles. The minimum atomic E-state index is 0.533. The monoisotopic (exact) mass is 258 g/mol. The lowest BCUT2D eigenvalue weighted by atomic mass is 9.94. The van der Waals surface area contributed by atoms with Gasteiger partial charge in [-0.15, -0.1) is 0 Å². The quantitative estimate of drug-likeness (QED) is 0.876. The van der Waals surface area contributed by atoms with Crippen LogP contribution in [0.3, 0.4) is 0 Å². The van der Waals surface area contributed by atoms with Crippen molar-refractivity contribution in [2.75, 3.05) is 19.6 Å². The van der Waals surface area contributed by atoms with Crippen LogP contribution in [0.15, 0.2) is 24.3 Å². The van der Waals surface area contributed by atoms with Crippen LogP contribution < -0.4 is 5.32 Å². The van der Waals surface area contributed by atoms with Crippen LogP contribution in [0.5, 0.6) is 0 Å². The van der Waals surface area contributed by atoms with Gasteiger partial charge in [-0.3, -0.25) is 4.90 Å². The zero-order valence-electron chi connectivity index (χ0n) is 12.1. The summed E-state index contributed by atoms with van der Waals surface area (Å²) in [6.07, 6.45) is 6.75. The lowest BCUT2D eigenvalue weighted by molar-refractivity contribution is 0.188. The van der Waals surface area contributed by atoms with Gasteiger partial charge < -0.3 is 5.32 Å². The molecule has 19 heavy (non-hydrogen) atoms. The first-order valence-electron chi connectivity index (χ1n) is 7.90. The Balaban J connectivity index is 1.73. The van der Waals surface area contributed by atoms with Crippen molar-refractivity contribution in [3.8, 4) is 0 Å². The maximum atomic E-state index is 3.72. The minimum Gasteiger partial charge on any atom is -0.309 e. The Morgan fingerprint density at radius 1 is 1.21 bits per heavy atom. The number of rotatable bonds is 2. The van der Waals surface area contributed by atoms with E-state index < -0.39 is 0 Å². The summed E-state index contributed by atoms with van der Waals surface area (Å²) in [4.78, 5) is 2.70. The highest BCUT2D eigenvalue weighted by Gasteiger charge is 2.24. The van der Waals surface area contributed by atoms with E-state index in [1.807, 2.05) is 0 Å². The van der Waals surface area contributed by atoms with Gasteiger partial charge in [-0.25, -0.2) is 0 Å². The molecule has 104 valence electrons. The number of nitrogens with zero attached hydrogens (tertiary/aromatic N) is 1. The maximum absolute atomic E-state index is 3.72. The van der Waals surface area contributed by atoms with Crippen LogP contribution in [0.1, 0.15) is 49.8 Å². The standard InChI is InChI=1S/C17H26N2/c1-14-7-3-2-6-12-19(14)13-17-16-9-5-4-8-15(16)10-11-18-17/h4-5,8-9,14,17-18H,2-3,6-7,10-13H2,1H3. The van der Waals surface area contributed by atoms with Gasteiger partial charge in [0.05, 0.1) is 0 Å². The molecule has 0 spiro atoms. The second-order valence-corrected chi connectivity index (χ2v) is 6.15. The van der Waals surface area contributed by atoms with Gasteiger partial charge in [-0.05, 0) is 50.4 Å². The molecule has 2 unspecified atom stereocenters. The molecule has 0 radical (unpaired) electrons. The smallest absolute Gasteiger partial charge is 0.0452 e. The Morgan fingerprint density at radius 2 is 2.11 bits per heavy atom. The molecule has 1 aromatic carbocycles. The molecular formula is C17H26N2. The van der Waals surface area contributed by atoms with E-state index in [2.05, 4.69) is 41.4 Å². The van der Waals surface area contributed by atoms with Crippen LogP contribution in [-0.4, -0.2) is 30.6 Å². The molecule has 1 fully saturated rings. The van der Waals surface area contributed by atoms with Gasteiger partial charge in [0, 0.05) is 18.6 Å². The van der Waals surface area contributed by atoms with Gasteiger partial charge in [-0.1, -0.05) is 37.1 Å². The predicted octanol–water partition coefficient (Wildman–Crippen LogP) is 3.14. The number of hydrogen-bond acceptors (Lipinski definition) is 2. The van der Waals surface area contributed by atoms with Crippen LogP contribution in [0.4, 0.5) is 0 Å². The molecule has 2 nitrogen and oxygen atoms in total. The third-order valence-electron chi connectivity index (χ3n) is 4.82. The summed E-state index contributed by atoms with van der Waals surface area (Å²) in [6, 6.07) is 10.3. The zero-order chi connectivity index (χ0) is 13.1. The Bertz CT molecular complexity index is 415.